The van der Waals surface area contributed by atoms with Crippen LogP contribution in [-0.4, -0.2) is 25.8 Å². The average molecular weight is 201 g/mol. The molecule has 14 heavy (non-hydrogen) atoms. The van der Waals surface area contributed by atoms with Crippen molar-refractivity contribution in [2.75, 3.05) is 19.8 Å². The van der Waals surface area contributed by atoms with E-state index in [0.29, 0.717) is 17.9 Å². The summed E-state index contributed by atoms with van der Waals surface area (Å²) in [4.78, 5) is 0. The van der Waals surface area contributed by atoms with Crippen LogP contribution in [0.4, 0.5) is 0 Å². The van der Waals surface area contributed by atoms with Gasteiger partial charge in [-0.2, -0.15) is 0 Å². The largest absolute Gasteiger partial charge is 0.380 e. The summed E-state index contributed by atoms with van der Waals surface area (Å²) < 4.78 is 5.67. The predicted molar refractivity (Wildman–Crippen MR) is 62.6 cm³/mol. The number of hydrogen-bond acceptors (Lipinski definition) is 2. The van der Waals surface area contributed by atoms with Gasteiger partial charge < -0.3 is 10.1 Å². The Morgan fingerprint density at radius 2 is 1.71 bits per heavy atom. The number of hydrogen-bond donors (Lipinski definition) is 1. The maximum atomic E-state index is 5.67. The fourth-order valence-corrected chi connectivity index (χ4v) is 1.40. The van der Waals surface area contributed by atoms with E-state index in [1.54, 1.807) is 0 Å². The van der Waals surface area contributed by atoms with E-state index in [0.717, 1.165) is 19.8 Å². The van der Waals surface area contributed by atoms with Gasteiger partial charge in [0.15, 0.2) is 0 Å². The molecule has 0 aliphatic carbocycles. The van der Waals surface area contributed by atoms with E-state index in [9.17, 15) is 0 Å². The Morgan fingerprint density at radius 3 is 2.14 bits per heavy atom. The number of nitrogens with one attached hydrogen (secondary N) is 1. The Balaban J connectivity index is 3.72. The lowest BCUT2D eigenvalue weighted by Gasteiger charge is -2.24. The molecule has 0 radical (unpaired) electrons. The maximum Gasteiger partial charge on any atom is 0.0622 e. The number of rotatable bonds is 8. The van der Waals surface area contributed by atoms with E-state index in [1.165, 1.54) is 6.42 Å². The van der Waals surface area contributed by atoms with Gasteiger partial charge in [-0.05, 0) is 18.4 Å². The monoisotopic (exact) mass is 201 g/mol. The van der Waals surface area contributed by atoms with E-state index < -0.39 is 0 Å². The molecule has 0 aromatic rings. The first kappa shape index (κ1) is 13.9. The van der Waals surface area contributed by atoms with Crippen molar-refractivity contribution < 1.29 is 4.74 Å². The number of ether oxygens (including phenoxy) is 1. The second-order valence-corrected chi connectivity index (χ2v) is 4.48. The zero-order valence-electron chi connectivity index (χ0n) is 10.5. The third-order valence-corrected chi connectivity index (χ3v) is 2.55. The van der Waals surface area contributed by atoms with Crippen LogP contribution in [0.3, 0.4) is 0 Å². The van der Waals surface area contributed by atoms with Crippen LogP contribution in [0.5, 0.6) is 0 Å². The number of likely N-dealkylation sites (N-methyl/N-ethyl adjacent to an activating group) is 1. The third-order valence-electron chi connectivity index (χ3n) is 2.55. The second-order valence-electron chi connectivity index (χ2n) is 4.48. The molecule has 0 heterocycles. The third kappa shape index (κ3) is 6.39. The molecular formula is C12H27NO. The van der Waals surface area contributed by atoms with Crippen molar-refractivity contribution in [2.24, 2.45) is 11.8 Å². The molecule has 2 nitrogen and oxygen atoms in total. The second kappa shape index (κ2) is 8.25. The molecule has 0 saturated heterocycles. The summed E-state index contributed by atoms with van der Waals surface area (Å²) in [7, 11) is 0. The summed E-state index contributed by atoms with van der Waals surface area (Å²) in [6.45, 7) is 13.8. The Morgan fingerprint density at radius 1 is 1.07 bits per heavy atom. The van der Waals surface area contributed by atoms with Gasteiger partial charge in [-0.3, -0.25) is 0 Å². The summed E-state index contributed by atoms with van der Waals surface area (Å²) in [5, 5.41) is 3.48. The SMILES string of the molecule is CCNC(COCC(C)C)C(C)CC. The van der Waals surface area contributed by atoms with E-state index in [2.05, 4.69) is 39.9 Å². The van der Waals surface area contributed by atoms with Crippen molar-refractivity contribution in [1.82, 2.24) is 5.32 Å². The van der Waals surface area contributed by atoms with Gasteiger partial charge in [0.2, 0.25) is 0 Å². The van der Waals surface area contributed by atoms with Gasteiger partial charge in [-0.15, -0.1) is 0 Å². The minimum atomic E-state index is 0.517. The lowest BCUT2D eigenvalue weighted by atomic mass is 10.00. The molecule has 0 aromatic heterocycles. The highest BCUT2D eigenvalue weighted by Crippen LogP contribution is 2.08. The zero-order valence-corrected chi connectivity index (χ0v) is 10.5. The highest BCUT2D eigenvalue weighted by atomic mass is 16.5. The zero-order chi connectivity index (χ0) is 11.0. The summed E-state index contributed by atoms with van der Waals surface area (Å²) in [6.07, 6.45) is 1.21. The first-order valence-electron chi connectivity index (χ1n) is 5.92. The molecule has 86 valence electrons. The molecule has 2 unspecified atom stereocenters. The first-order valence-corrected chi connectivity index (χ1v) is 5.92. The van der Waals surface area contributed by atoms with Crippen LogP contribution in [0.25, 0.3) is 0 Å². The minimum absolute atomic E-state index is 0.517. The molecule has 0 bridgehead atoms. The van der Waals surface area contributed by atoms with E-state index >= 15 is 0 Å². The quantitative estimate of drug-likeness (QED) is 0.652. The standard InChI is InChI=1S/C12H27NO/c1-6-11(5)12(13-7-2)9-14-8-10(3)4/h10-13H,6-9H2,1-5H3. The van der Waals surface area contributed by atoms with Gasteiger partial charge in [0.25, 0.3) is 0 Å². The summed E-state index contributed by atoms with van der Waals surface area (Å²) in [6, 6.07) is 0.517. The van der Waals surface area contributed by atoms with E-state index in [-0.39, 0.29) is 0 Å². The Kier molecular flexibility index (Phi) is 8.20. The topological polar surface area (TPSA) is 21.3 Å². The van der Waals surface area contributed by atoms with Crippen molar-refractivity contribution in [3.63, 3.8) is 0 Å². The molecule has 1 N–H and O–H groups in total. The fraction of sp³-hybridized carbons (Fsp3) is 1.00. The molecule has 2 heteroatoms. The molecule has 2 atom stereocenters. The highest BCUT2D eigenvalue weighted by Gasteiger charge is 2.14. The van der Waals surface area contributed by atoms with Crippen molar-refractivity contribution in [1.29, 1.82) is 0 Å². The van der Waals surface area contributed by atoms with Gasteiger partial charge in [0.1, 0.15) is 0 Å². The van der Waals surface area contributed by atoms with Crippen LogP contribution in [0.2, 0.25) is 0 Å². The lowest BCUT2D eigenvalue weighted by Crippen LogP contribution is -2.39. The van der Waals surface area contributed by atoms with Crippen LogP contribution in [0, 0.1) is 11.8 Å². The van der Waals surface area contributed by atoms with Gasteiger partial charge in [0, 0.05) is 12.6 Å². The smallest absolute Gasteiger partial charge is 0.0622 e. The van der Waals surface area contributed by atoms with Crippen LogP contribution >= 0.6 is 0 Å². The highest BCUT2D eigenvalue weighted by molar-refractivity contribution is 4.71. The van der Waals surface area contributed by atoms with Crippen molar-refractivity contribution >= 4 is 0 Å². The van der Waals surface area contributed by atoms with Crippen molar-refractivity contribution in [2.45, 2.75) is 47.1 Å². The molecule has 0 amide bonds. The van der Waals surface area contributed by atoms with Gasteiger partial charge in [-0.25, -0.2) is 0 Å². The van der Waals surface area contributed by atoms with Gasteiger partial charge >= 0.3 is 0 Å². The van der Waals surface area contributed by atoms with Crippen molar-refractivity contribution in [3.8, 4) is 0 Å². The molecular weight excluding hydrogens is 174 g/mol. The van der Waals surface area contributed by atoms with Crippen LogP contribution in [0.15, 0.2) is 0 Å². The van der Waals surface area contributed by atoms with Gasteiger partial charge in [0.05, 0.1) is 6.61 Å². The fourth-order valence-electron chi connectivity index (χ4n) is 1.40. The van der Waals surface area contributed by atoms with Crippen LogP contribution in [0.1, 0.15) is 41.0 Å². The van der Waals surface area contributed by atoms with Crippen LogP contribution < -0.4 is 5.32 Å². The van der Waals surface area contributed by atoms with Crippen molar-refractivity contribution in [3.05, 3.63) is 0 Å². The normalized spacial score (nSPS) is 15.9. The molecule has 0 spiro atoms. The summed E-state index contributed by atoms with van der Waals surface area (Å²) in [5.41, 5.74) is 0. The summed E-state index contributed by atoms with van der Waals surface area (Å²) in [5.74, 6) is 1.33. The van der Waals surface area contributed by atoms with Crippen LogP contribution in [-0.2, 0) is 4.74 Å². The predicted octanol–water partition coefficient (Wildman–Crippen LogP) is 2.68. The molecule has 0 rings (SSSR count). The Labute approximate surface area is 89.4 Å². The molecule has 0 aliphatic rings. The molecule has 0 saturated carbocycles. The van der Waals surface area contributed by atoms with E-state index in [1.807, 2.05) is 0 Å². The summed E-state index contributed by atoms with van der Waals surface area (Å²) >= 11 is 0. The Hall–Kier alpha value is -0.0800. The van der Waals surface area contributed by atoms with Gasteiger partial charge in [-0.1, -0.05) is 41.0 Å². The molecule has 0 aliphatic heterocycles. The molecule has 0 aromatic carbocycles. The Bertz CT molecular complexity index is 125. The lowest BCUT2D eigenvalue weighted by molar-refractivity contribution is 0.0769. The maximum absolute atomic E-state index is 5.67. The van der Waals surface area contributed by atoms with E-state index in [4.69, 9.17) is 4.74 Å². The first-order chi connectivity index (χ1) is 6.61. The average Bonchev–Trinajstić information content (AvgIpc) is 2.15. The minimum Gasteiger partial charge on any atom is -0.380 e. The molecule has 0 fully saturated rings.